The van der Waals surface area contributed by atoms with E-state index in [1.165, 1.54) is 16.9 Å². The quantitative estimate of drug-likeness (QED) is 0.386. The predicted molar refractivity (Wildman–Crippen MR) is 120 cm³/mol. The van der Waals surface area contributed by atoms with Gasteiger partial charge in [0.05, 0.1) is 18.4 Å². The summed E-state index contributed by atoms with van der Waals surface area (Å²) in [4.78, 5) is 12.5. The lowest BCUT2D eigenvalue weighted by atomic mass is 10.1. The molecule has 0 saturated heterocycles. The second kappa shape index (κ2) is 9.28. The highest BCUT2D eigenvalue weighted by atomic mass is 35.5. The van der Waals surface area contributed by atoms with Crippen molar-refractivity contribution >= 4 is 23.2 Å². The average molecular weight is 454 g/mol. The van der Waals surface area contributed by atoms with Crippen molar-refractivity contribution in [3.63, 3.8) is 0 Å². The number of anilines is 1. The molecule has 4 aromatic rings. The van der Waals surface area contributed by atoms with Crippen molar-refractivity contribution in [3.05, 3.63) is 100.0 Å². The Morgan fingerprint density at radius 3 is 2.66 bits per heavy atom. The van der Waals surface area contributed by atoms with E-state index >= 15 is 0 Å². The minimum atomic E-state index is -0.424. The second-order valence-electron chi connectivity index (χ2n) is 7.36. The van der Waals surface area contributed by atoms with E-state index in [2.05, 4.69) is 10.4 Å². The standard InChI is InChI=1S/C24H21ClFN3O3/c1-15-5-3-6-16(2)23(15)31-14-18-9-10-22(32-18)24(30)28-17-11-27-29(12-17)13-19-20(25)7-4-8-21(19)26/h3-12H,13-14H2,1-2H3,(H,28,30). The second-order valence-corrected chi connectivity index (χ2v) is 7.76. The van der Waals surface area contributed by atoms with Gasteiger partial charge in [-0.3, -0.25) is 9.48 Å². The van der Waals surface area contributed by atoms with Crippen molar-refractivity contribution in [2.24, 2.45) is 0 Å². The third-order valence-corrected chi connectivity index (χ3v) is 5.28. The van der Waals surface area contributed by atoms with Gasteiger partial charge in [0.15, 0.2) is 5.76 Å². The summed E-state index contributed by atoms with van der Waals surface area (Å²) in [5, 5.41) is 7.18. The van der Waals surface area contributed by atoms with Crippen LogP contribution in [0.15, 0.2) is 65.3 Å². The summed E-state index contributed by atoms with van der Waals surface area (Å²) in [7, 11) is 0. The number of amides is 1. The highest BCUT2D eigenvalue weighted by Gasteiger charge is 2.14. The zero-order valence-corrected chi connectivity index (χ0v) is 18.3. The van der Waals surface area contributed by atoms with Crippen LogP contribution in [-0.4, -0.2) is 15.7 Å². The highest BCUT2D eigenvalue weighted by Crippen LogP contribution is 2.24. The highest BCUT2D eigenvalue weighted by molar-refractivity contribution is 6.31. The number of aromatic nitrogens is 2. The summed E-state index contributed by atoms with van der Waals surface area (Å²) >= 11 is 6.06. The third kappa shape index (κ3) is 4.84. The van der Waals surface area contributed by atoms with E-state index in [9.17, 15) is 9.18 Å². The Morgan fingerprint density at radius 1 is 1.16 bits per heavy atom. The molecule has 2 heterocycles. The summed E-state index contributed by atoms with van der Waals surface area (Å²) in [5.41, 5.74) is 2.84. The van der Waals surface area contributed by atoms with E-state index in [1.807, 2.05) is 32.0 Å². The predicted octanol–water partition coefficient (Wildman–Crippen LogP) is 5.77. The molecule has 6 nitrogen and oxygen atoms in total. The molecule has 0 fully saturated rings. The summed E-state index contributed by atoms with van der Waals surface area (Å²) < 4.78 is 27.0. The molecule has 0 unspecified atom stereocenters. The first kappa shape index (κ1) is 21.6. The van der Waals surface area contributed by atoms with Gasteiger partial charge in [0, 0.05) is 16.8 Å². The summed E-state index contributed by atoms with van der Waals surface area (Å²) in [6, 6.07) is 13.7. The molecule has 0 saturated carbocycles. The topological polar surface area (TPSA) is 69.3 Å². The van der Waals surface area contributed by atoms with E-state index in [4.69, 9.17) is 20.8 Å². The number of aryl methyl sites for hydroxylation is 2. The van der Waals surface area contributed by atoms with Crippen molar-refractivity contribution in [3.8, 4) is 5.75 Å². The molecule has 0 aliphatic heterocycles. The molecule has 32 heavy (non-hydrogen) atoms. The minimum absolute atomic E-state index is 0.141. The minimum Gasteiger partial charge on any atom is -0.485 e. The zero-order chi connectivity index (χ0) is 22.7. The molecule has 0 spiro atoms. The fraction of sp³-hybridized carbons (Fsp3) is 0.167. The van der Waals surface area contributed by atoms with E-state index in [0.29, 0.717) is 22.0 Å². The van der Waals surface area contributed by atoms with Crippen LogP contribution in [0.2, 0.25) is 5.02 Å². The number of furan rings is 1. The average Bonchev–Trinajstić information content (AvgIpc) is 3.40. The van der Waals surface area contributed by atoms with Gasteiger partial charge in [0.25, 0.3) is 5.91 Å². The molecule has 164 valence electrons. The smallest absolute Gasteiger partial charge is 0.291 e. The maximum Gasteiger partial charge on any atom is 0.291 e. The Balaban J connectivity index is 1.37. The van der Waals surface area contributed by atoms with Gasteiger partial charge in [-0.25, -0.2) is 4.39 Å². The van der Waals surface area contributed by atoms with Gasteiger partial charge >= 0.3 is 0 Å². The van der Waals surface area contributed by atoms with Gasteiger partial charge in [0.2, 0.25) is 0 Å². The number of nitrogens with zero attached hydrogens (tertiary/aromatic N) is 2. The lowest BCUT2D eigenvalue weighted by Gasteiger charge is -2.10. The van der Waals surface area contributed by atoms with Crippen LogP contribution in [0.1, 0.15) is 33.0 Å². The molecule has 0 atom stereocenters. The monoisotopic (exact) mass is 453 g/mol. The normalized spacial score (nSPS) is 10.9. The Labute approximate surface area is 189 Å². The number of ether oxygens (including phenoxy) is 1. The number of rotatable bonds is 7. The first-order valence-electron chi connectivity index (χ1n) is 9.95. The van der Waals surface area contributed by atoms with E-state index in [1.54, 1.807) is 30.5 Å². The molecular weight excluding hydrogens is 433 g/mol. The van der Waals surface area contributed by atoms with Crippen molar-refractivity contribution in [1.82, 2.24) is 9.78 Å². The molecule has 1 amide bonds. The maximum atomic E-state index is 14.0. The summed E-state index contributed by atoms with van der Waals surface area (Å²) in [6.45, 7) is 4.30. The molecule has 8 heteroatoms. The van der Waals surface area contributed by atoms with Crippen molar-refractivity contribution in [2.75, 3.05) is 5.32 Å². The van der Waals surface area contributed by atoms with E-state index < -0.39 is 11.7 Å². The van der Waals surface area contributed by atoms with Crippen LogP contribution in [0.4, 0.5) is 10.1 Å². The van der Waals surface area contributed by atoms with Gasteiger partial charge in [-0.2, -0.15) is 5.10 Å². The number of halogens is 2. The lowest BCUT2D eigenvalue weighted by molar-refractivity contribution is 0.0992. The molecule has 0 radical (unpaired) electrons. The van der Waals surface area contributed by atoms with Crippen LogP contribution in [0.25, 0.3) is 0 Å². The number of nitrogens with one attached hydrogen (secondary N) is 1. The summed E-state index contributed by atoms with van der Waals surface area (Å²) in [6.07, 6.45) is 3.06. The number of hydrogen-bond acceptors (Lipinski definition) is 4. The molecule has 4 rings (SSSR count). The van der Waals surface area contributed by atoms with Gasteiger partial charge in [-0.05, 0) is 49.2 Å². The number of para-hydroxylation sites is 1. The van der Waals surface area contributed by atoms with E-state index in [-0.39, 0.29) is 18.9 Å². The fourth-order valence-corrected chi connectivity index (χ4v) is 3.52. The van der Waals surface area contributed by atoms with Gasteiger partial charge in [-0.1, -0.05) is 35.9 Å². The van der Waals surface area contributed by atoms with Gasteiger partial charge < -0.3 is 14.5 Å². The first-order chi connectivity index (χ1) is 15.4. The molecule has 1 N–H and O–H groups in total. The van der Waals surface area contributed by atoms with Crippen molar-refractivity contribution < 1.29 is 18.3 Å². The van der Waals surface area contributed by atoms with Crippen molar-refractivity contribution in [1.29, 1.82) is 0 Å². The molecule has 0 aliphatic rings. The Hall–Kier alpha value is -3.58. The van der Waals surface area contributed by atoms with Gasteiger partial charge in [-0.15, -0.1) is 0 Å². The SMILES string of the molecule is Cc1cccc(C)c1OCc1ccc(C(=O)Nc2cnn(Cc3c(F)cccc3Cl)c2)o1. The van der Waals surface area contributed by atoms with Gasteiger partial charge in [0.1, 0.15) is 23.9 Å². The molecule has 0 aliphatic carbocycles. The fourth-order valence-electron chi connectivity index (χ4n) is 3.30. The zero-order valence-electron chi connectivity index (χ0n) is 17.6. The number of carbonyl (C=O) groups excluding carboxylic acids is 1. The summed E-state index contributed by atoms with van der Waals surface area (Å²) in [5.74, 6) is 0.645. The van der Waals surface area contributed by atoms with Crippen LogP contribution in [0.5, 0.6) is 5.75 Å². The van der Waals surface area contributed by atoms with Crippen LogP contribution < -0.4 is 10.1 Å². The van der Waals surface area contributed by atoms with E-state index in [0.717, 1.165) is 16.9 Å². The molecule has 2 aromatic carbocycles. The largest absolute Gasteiger partial charge is 0.485 e. The van der Waals surface area contributed by atoms with Crippen LogP contribution in [-0.2, 0) is 13.2 Å². The molecular formula is C24H21ClFN3O3. The maximum absolute atomic E-state index is 14.0. The molecule has 0 bridgehead atoms. The lowest BCUT2D eigenvalue weighted by Crippen LogP contribution is -2.10. The Bertz CT molecular complexity index is 1220. The number of carbonyl (C=O) groups is 1. The number of benzene rings is 2. The van der Waals surface area contributed by atoms with Crippen LogP contribution in [0, 0.1) is 19.7 Å². The Kier molecular flexibility index (Phi) is 6.28. The first-order valence-corrected chi connectivity index (χ1v) is 10.3. The van der Waals surface area contributed by atoms with Crippen LogP contribution >= 0.6 is 11.6 Å². The number of hydrogen-bond donors (Lipinski definition) is 1. The third-order valence-electron chi connectivity index (χ3n) is 4.93. The molecule has 2 aromatic heterocycles. The van der Waals surface area contributed by atoms with Crippen molar-refractivity contribution in [2.45, 2.75) is 27.0 Å². The van der Waals surface area contributed by atoms with Crippen LogP contribution in [0.3, 0.4) is 0 Å². The Morgan fingerprint density at radius 2 is 1.91 bits per heavy atom.